The van der Waals surface area contributed by atoms with Gasteiger partial charge in [-0.3, -0.25) is 4.79 Å². The third-order valence-electron chi connectivity index (χ3n) is 4.09. The van der Waals surface area contributed by atoms with Gasteiger partial charge in [-0.2, -0.15) is 0 Å². The van der Waals surface area contributed by atoms with E-state index in [1.54, 1.807) is 12.4 Å². The third-order valence-corrected chi connectivity index (χ3v) is 4.09. The Labute approximate surface area is 136 Å². The van der Waals surface area contributed by atoms with Crippen LogP contribution in [0, 0.1) is 0 Å². The molecule has 0 bridgehead atoms. The number of benzene rings is 1. The van der Waals surface area contributed by atoms with Gasteiger partial charge >= 0.3 is 0 Å². The molecule has 1 saturated heterocycles. The lowest BCUT2D eigenvalue weighted by atomic mass is 10.2. The van der Waals surface area contributed by atoms with Crippen molar-refractivity contribution in [1.29, 1.82) is 0 Å². The first kappa shape index (κ1) is 15.5. The average molecular weight is 310 g/mol. The molecule has 0 aliphatic carbocycles. The van der Waals surface area contributed by atoms with Crippen molar-refractivity contribution in [2.45, 2.75) is 32.2 Å². The highest BCUT2D eigenvalue weighted by molar-refractivity contribution is 5.93. The zero-order valence-corrected chi connectivity index (χ0v) is 13.2. The van der Waals surface area contributed by atoms with Gasteiger partial charge < -0.3 is 10.2 Å². The molecule has 1 aliphatic heterocycles. The summed E-state index contributed by atoms with van der Waals surface area (Å²) in [5.41, 5.74) is 1.73. The summed E-state index contributed by atoms with van der Waals surface area (Å²) in [6.07, 6.45) is 7.83. The van der Waals surface area contributed by atoms with Crippen LogP contribution in [0.15, 0.2) is 42.7 Å². The molecule has 5 nitrogen and oxygen atoms in total. The molecule has 5 heteroatoms. The molecule has 1 N–H and O–H groups in total. The zero-order valence-electron chi connectivity index (χ0n) is 13.2. The van der Waals surface area contributed by atoms with Crippen LogP contribution in [0.25, 0.3) is 0 Å². The van der Waals surface area contributed by atoms with Gasteiger partial charge in [0.15, 0.2) is 0 Å². The number of carbonyl (C=O) groups excluding carboxylic acids is 1. The van der Waals surface area contributed by atoms with Crippen LogP contribution in [0.5, 0.6) is 0 Å². The van der Waals surface area contributed by atoms with Crippen molar-refractivity contribution in [2.24, 2.45) is 0 Å². The maximum absolute atomic E-state index is 12.5. The zero-order chi connectivity index (χ0) is 15.9. The fourth-order valence-corrected chi connectivity index (χ4v) is 2.76. The Balaban J connectivity index is 1.59. The van der Waals surface area contributed by atoms with Gasteiger partial charge in [-0.15, -0.1) is 0 Å². The predicted molar refractivity (Wildman–Crippen MR) is 90.2 cm³/mol. The molecule has 1 amide bonds. The molecule has 0 saturated carbocycles. The van der Waals surface area contributed by atoms with Crippen molar-refractivity contribution in [2.75, 3.05) is 18.4 Å². The first-order valence-corrected chi connectivity index (χ1v) is 8.22. The number of carbonyl (C=O) groups is 1. The van der Waals surface area contributed by atoms with E-state index in [1.165, 1.54) is 18.4 Å². The van der Waals surface area contributed by atoms with Crippen LogP contribution in [0.4, 0.5) is 5.95 Å². The fraction of sp³-hybridized carbons (Fsp3) is 0.389. The van der Waals surface area contributed by atoms with Crippen LogP contribution >= 0.6 is 0 Å². The molecule has 1 aromatic heterocycles. The number of amides is 1. The minimum Gasteiger partial charge on any atom is -0.350 e. The molecule has 1 aromatic carbocycles. The maximum atomic E-state index is 12.5. The summed E-state index contributed by atoms with van der Waals surface area (Å²) >= 11 is 0. The second-order valence-electron chi connectivity index (χ2n) is 5.84. The van der Waals surface area contributed by atoms with E-state index in [2.05, 4.69) is 15.3 Å². The van der Waals surface area contributed by atoms with Crippen LogP contribution < -0.4 is 5.32 Å². The normalized spacial score (nSPS) is 15.0. The Morgan fingerprint density at radius 3 is 2.30 bits per heavy atom. The molecule has 2 heterocycles. The van der Waals surface area contributed by atoms with E-state index in [9.17, 15) is 4.79 Å². The Hall–Kier alpha value is -2.43. The van der Waals surface area contributed by atoms with Gasteiger partial charge in [0.25, 0.3) is 5.91 Å². The van der Waals surface area contributed by atoms with Crippen molar-refractivity contribution in [3.05, 3.63) is 53.9 Å². The molecule has 0 radical (unpaired) electrons. The number of hydrogen-bond acceptors (Lipinski definition) is 4. The van der Waals surface area contributed by atoms with Crippen molar-refractivity contribution < 1.29 is 4.79 Å². The Kier molecular flexibility index (Phi) is 5.19. The van der Waals surface area contributed by atoms with E-state index in [0.29, 0.717) is 18.1 Å². The van der Waals surface area contributed by atoms with Crippen LogP contribution in [-0.2, 0) is 6.54 Å². The van der Waals surface area contributed by atoms with Crippen molar-refractivity contribution in [3.63, 3.8) is 0 Å². The van der Waals surface area contributed by atoms with E-state index in [0.717, 1.165) is 25.9 Å². The third kappa shape index (κ3) is 4.28. The number of likely N-dealkylation sites (tertiary alicyclic amines) is 1. The number of nitrogens with zero attached hydrogens (tertiary/aromatic N) is 3. The van der Waals surface area contributed by atoms with E-state index in [-0.39, 0.29) is 5.91 Å². The van der Waals surface area contributed by atoms with Gasteiger partial charge in [0.2, 0.25) is 5.95 Å². The largest absolute Gasteiger partial charge is 0.350 e. The van der Waals surface area contributed by atoms with Gasteiger partial charge in [0.1, 0.15) is 0 Å². The van der Waals surface area contributed by atoms with Gasteiger partial charge in [0, 0.05) is 32.0 Å². The van der Waals surface area contributed by atoms with Crippen molar-refractivity contribution >= 4 is 11.9 Å². The van der Waals surface area contributed by atoms with E-state index >= 15 is 0 Å². The maximum Gasteiger partial charge on any atom is 0.256 e. The number of aromatic nitrogens is 2. The summed E-state index contributed by atoms with van der Waals surface area (Å²) in [6.45, 7) is 2.35. The summed E-state index contributed by atoms with van der Waals surface area (Å²) in [5, 5.41) is 3.17. The number of rotatable bonds is 4. The monoisotopic (exact) mass is 310 g/mol. The second-order valence-corrected chi connectivity index (χ2v) is 5.84. The highest BCUT2D eigenvalue weighted by Gasteiger charge is 2.17. The quantitative estimate of drug-likeness (QED) is 0.942. The SMILES string of the molecule is O=C(c1cnc(NCc2ccccc2)nc1)N1CCCCCC1. The van der Waals surface area contributed by atoms with E-state index < -0.39 is 0 Å². The number of anilines is 1. The molecule has 23 heavy (non-hydrogen) atoms. The van der Waals surface area contributed by atoms with Crippen LogP contribution in [0.3, 0.4) is 0 Å². The fourth-order valence-electron chi connectivity index (χ4n) is 2.76. The topological polar surface area (TPSA) is 58.1 Å². The standard InChI is InChI=1S/C18H22N4O/c23-17(22-10-6-1-2-7-11-22)16-13-20-18(21-14-16)19-12-15-8-4-3-5-9-15/h3-5,8-9,13-14H,1-2,6-7,10-12H2,(H,19,20,21). The first-order valence-electron chi connectivity index (χ1n) is 8.22. The molecule has 1 fully saturated rings. The smallest absolute Gasteiger partial charge is 0.256 e. The Morgan fingerprint density at radius 1 is 1.00 bits per heavy atom. The second kappa shape index (κ2) is 7.72. The molecule has 120 valence electrons. The summed E-state index contributed by atoms with van der Waals surface area (Å²) in [6, 6.07) is 10.1. The van der Waals surface area contributed by atoms with E-state index in [4.69, 9.17) is 0 Å². The minimum absolute atomic E-state index is 0.0431. The van der Waals surface area contributed by atoms with Crippen molar-refractivity contribution in [3.8, 4) is 0 Å². The molecular formula is C18H22N4O. The van der Waals surface area contributed by atoms with E-state index in [1.807, 2.05) is 35.2 Å². The van der Waals surface area contributed by atoms with Gasteiger partial charge in [-0.25, -0.2) is 9.97 Å². The lowest BCUT2D eigenvalue weighted by Crippen LogP contribution is -2.32. The summed E-state index contributed by atoms with van der Waals surface area (Å²) < 4.78 is 0. The number of nitrogens with one attached hydrogen (secondary N) is 1. The summed E-state index contributed by atoms with van der Waals surface area (Å²) in [5.74, 6) is 0.586. The van der Waals surface area contributed by atoms with Crippen molar-refractivity contribution in [1.82, 2.24) is 14.9 Å². The molecule has 1 aliphatic rings. The summed E-state index contributed by atoms with van der Waals surface area (Å²) in [7, 11) is 0. The predicted octanol–water partition coefficient (Wildman–Crippen LogP) is 3.10. The number of hydrogen-bond donors (Lipinski definition) is 1. The molecule has 0 spiro atoms. The lowest BCUT2D eigenvalue weighted by molar-refractivity contribution is 0.0761. The average Bonchev–Trinajstić information content (AvgIpc) is 2.90. The van der Waals surface area contributed by atoms with Gasteiger partial charge in [-0.05, 0) is 18.4 Å². The lowest BCUT2D eigenvalue weighted by Gasteiger charge is -2.19. The highest BCUT2D eigenvalue weighted by Crippen LogP contribution is 2.13. The Morgan fingerprint density at radius 2 is 1.65 bits per heavy atom. The molecule has 3 rings (SSSR count). The minimum atomic E-state index is 0.0431. The molecular weight excluding hydrogens is 288 g/mol. The van der Waals surface area contributed by atoms with Gasteiger partial charge in [0.05, 0.1) is 5.56 Å². The highest BCUT2D eigenvalue weighted by atomic mass is 16.2. The Bertz CT molecular complexity index is 619. The molecule has 0 atom stereocenters. The summed E-state index contributed by atoms with van der Waals surface area (Å²) in [4.78, 5) is 22.9. The van der Waals surface area contributed by atoms with Crippen LogP contribution in [0.2, 0.25) is 0 Å². The first-order chi connectivity index (χ1) is 11.3. The van der Waals surface area contributed by atoms with Crippen LogP contribution in [-0.4, -0.2) is 33.9 Å². The van der Waals surface area contributed by atoms with Gasteiger partial charge in [-0.1, -0.05) is 43.2 Å². The van der Waals surface area contributed by atoms with Crippen LogP contribution in [0.1, 0.15) is 41.6 Å². The molecule has 2 aromatic rings. The molecule has 0 unspecified atom stereocenters.